The summed E-state index contributed by atoms with van der Waals surface area (Å²) in [5.41, 5.74) is 12.7. The second-order valence-corrected chi connectivity index (χ2v) is 9.02. The molecule has 0 atom stereocenters. The van der Waals surface area contributed by atoms with Gasteiger partial charge in [-0.1, -0.05) is 31.7 Å². The quantitative estimate of drug-likeness (QED) is 0.492. The second-order valence-electron chi connectivity index (χ2n) is 9.02. The number of carbonyl (C=O) groups excluding carboxylic acids is 1. The molecule has 0 aliphatic carbocycles. The summed E-state index contributed by atoms with van der Waals surface area (Å²) in [7, 11) is 2.11. The molecule has 0 radical (unpaired) electrons. The fourth-order valence-corrected chi connectivity index (χ4v) is 4.92. The highest BCUT2D eigenvalue weighted by Crippen LogP contribution is 2.25. The summed E-state index contributed by atoms with van der Waals surface area (Å²) >= 11 is 0. The lowest BCUT2D eigenvalue weighted by Gasteiger charge is -2.36. The van der Waals surface area contributed by atoms with E-state index in [0.29, 0.717) is 17.4 Å². The Morgan fingerprint density at radius 1 is 1.24 bits per heavy atom. The van der Waals surface area contributed by atoms with Crippen molar-refractivity contribution >= 4 is 22.8 Å². The number of carbonyl (C=O) groups is 1. The van der Waals surface area contributed by atoms with E-state index >= 15 is 0 Å². The molecular formula is C27H34N6O. The Kier molecular flexibility index (Phi) is 7.33. The van der Waals surface area contributed by atoms with Crippen molar-refractivity contribution in [1.29, 1.82) is 0 Å². The molecule has 3 aromatic rings. The molecule has 1 aliphatic rings. The van der Waals surface area contributed by atoms with Crippen LogP contribution in [0.1, 0.15) is 42.1 Å². The number of primary amides is 1. The van der Waals surface area contributed by atoms with Gasteiger partial charge < -0.3 is 20.1 Å². The molecule has 7 nitrogen and oxygen atoms in total. The van der Waals surface area contributed by atoms with Crippen LogP contribution in [0, 0.1) is 5.92 Å². The maximum atomic E-state index is 11.3. The Morgan fingerprint density at radius 2 is 1.94 bits per heavy atom. The van der Waals surface area contributed by atoms with Crippen LogP contribution in [-0.2, 0) is 13.5 Å². The SMILES string of the molecule is C=C=C(CC)N(CCc1cn(C)c2ccccc12)CC1CCN(c2ncc(C(N)=O)cn2)CC1. The molecule has 2 aromatic heterocycles. The van der Waals surface area contributed by atoms with E-state index in [1.165, 1.54) is 34.6 Å². The molecule has 0 spiro atoms. The van der Waals surface area contributed by atoms with Crippen molar-refractivity contribution in [2.45, 2.75) is 32.6 Å². The molecule has 0 unspecified atom stereocenters. The smallest absolute Gasteiger partial charge is 0.251 e. The molecule has 1 saturated heterocycles. The Morgan fingerprint density at radius 3 is 2.59 bits per heavy atom. The van der Waals surface area contributed by atoms with Gasteiger partial charge in [-0.05, 0) is 43.2 Å². The van der Waals surface area contributed by atoms with Crippen LogP contribution in [0.4, 0.5) is 5.95 Å². The number of piperidine rings is 1. The molecule has 34 heavy (non-hydrogen) atoms. The van der Waals surface area contributed by atoms with Crippen molar-refractivity contribution in [3.63, 3.8) is 0 Å². The van der Waals surface area contributed by atoms with Crippen LogP contribution in [0.25, 0.3) is 10.9 Å². The number of fused-ring (bicyclic) bond motifs is 1. The number of benzene rings is 1. The van der Waals surface area contributed by atoms with Crippen molar-refractivity contribution in [1.82, 2.24) is 19.4 Å². The van der Waals surface area contributed by atoms with Gasteiger partial charge in [-0.2, -0.15) is 0 Å². The minimum absolute atomic E-state index is 0.337. The monoisotopic (exact) mass is 458 g/mol. The van der Waals surface area contributed by atoms with Gasteiger partial charge in [0.1, 0.15) is 0 Å². The van der Waals surface area contributed by atoms with Gasteiger partial charge in [0, 0.05) is 62.7 Å². The van der Waals surface area contributed by atoms with Crippen LogP contribution in [0.5, 0.6) is 0 Å². The predicted molar refractivity (Wildman–Crippen MR) is 137 cm³/mol. The average Bonchev–Trinajstić information content (AvgIpc) is 3.19. The summed E-state index contributed by atoms with van der Waals surface area (Å²) in [6.07, 6.45) is 9.33. The zero-order valence-electron chi connectivity index (χ0n) is 20.2. The number of rotatable bonds is 9. The van der Waals surface area contributed by atoms with Crippen LogP contribution in [0.15, 0.2) is 60.9 Å². The third-order valence-electron chi connectivity index (χ3n) is 6.85. The fourth-order valence-electron chi connectivity index (χ4n) is 4.92. The summed E-state index contributed by atoms with van der Waals surface area (Å²) in [6.45, 7) is 9.90. The fraction of sp³-hybridized carbons (Fsp3) is 0.407. The number of nitrogens with zero attached hydrogens (tertiary/aromatic N) is 5. The normalized spacial score (nSPS) is 14.2. The molecule has 1 fully saturated rings. The minimum atomic E-state index is -0.504. The number of aryl methyl sites for hydroxylation is 1. The summed E-state index contributed by atoms with van der Waals surface area (Å²) in [5, 5.41) is 1.33. The van der Waals surface area contributed by atoms with E-state index in [4.69, 9.17) is 5.73 Å². The first kappa shape index (κ1) is 23.6. The largest absolute Gasteiger partial charge is 0.368 e. The minimum Gasteiger partial charge on any atom is -0.368 e. The first-order valence-corrected chi connectivity index (χ1v) is 12.0. The van der Waals surface area contributed by atoms with E-state index in [1.807, 2.05) is 0 Å². The number of nitrogens with two attached hydrogens (primary N) is 1. The second kappa shape index (κ2) is 10.6. The maximum absolute atomic E-state index is 11.3. The summed E-state index contributed by atoms with van der Waals surface area (Å²) in [5.74, 6) is 0.746. The lowest BCUT2D eigenvalue weighted by Crippen LogP contribution is -2.39. The number of allylic oxidation sites excluding steroid dienone is 1. The van der Waals surface area contributed by atoms with Gasteiger partial charge in [-0.25, -0.2) is 9.97 Å². The molecule has 4 rings (SSSR count). The van der Waals surface area contributed by atoms with Crippen molar-refractivity contribution < 1.29 is 4.79 Å². The van der Waals surface area contributed by atoms with E-state index in [0.717, 1.165) is 51.9 Å². The van der Waals surface area contributed by atoms with Crippen LogP contribution in [0.2, 0.25) is 0 Å². The summed E-state index contributed by atoms with van der Waals surface area (Å²) in [4.78, 5) is 24.6. The zero-order valence-corrected chi connectivity index (χ0v) is 20.2. The van der Waals surface area contributed by atoms with Crippen LogP contribution < -0.4 is 10.6 Å². The van der Waals surface area contributed by atoms with Gasteiger partial charge in [0.25, 0.3) is 5.91 Å². The van der Waals surface area contributed by atoms with Gasteiger partial charge in [-0.15, -0.1) is 5.73 Å². The van der Waals surface area contributed by atoms with Crippen molar-refractivity contribution in [2.75, 3.05) is 31.1 Å². The Bertz CT molecular complexity index is 1180. The zero-order chi connectivity index (χ0) is 24.1. The van der Waals surface area contributed by atoms with Gasteiger partial charge in [0.05, 0.1) is 11.3 Å². The molecule has 7 heteroatoms. The van der Waals surface area contributed by atoms with E-state index in [9.17, 15) is 4.79 Å². The highest BCUT2D eigenvalue weighted by Gasteiger charge is 2.24. The van der Waals surface area contributed by atoms with E-state index in [-0.39, 0.29) is 0 Å². The standard InChI is InChI=1S/C27H34N6O/c1-4-23(5-2)33(15-12-21-19-31(3)25-9-7-6-8-24(21)25)18-20-10-13-32(14-11-20)27-29-16-22(17-30-27)26(28)34/h6-9,16-17,19-20H,1,5,10-15,18H2,2-3H3,(H2,28,34). The van der Waals surface area contributed by atoms with E-state index in [2.05, 4.69) is 81.1 Å². The van der Waals surface area contributed by atoms with E-state index < -0.39 is 5.91 Å². The lowest BCUT2D eigenvalue weighted by atomic mass is 9.95. The molecule has 0 bridgehead atoms. The molecule has 2 N–H and O–H groups in total. The van der Waals surface area contributed by atoms with Crippen molar-refractivity contribution in [3.05, 3.63) is 72.0 Å². The number of hydrogen-bond acceptors (Lipinski definition) is 5. The van der Waals surface area contributed by atoms with Gasteiger partial charge in [0.15, 0.2) is 0 Å². The first-order chi connectivity index (χ1) is 16.5. The number of para-hydroxylation sites is 1. The molecular weight excluding hydrogens is 424 g/mol. The van der Waals surface area contributed by atoms with Gasteiger partial charge >= 0.3 is 0 Å². The van der Waals surface area contributed by atoms with Gasteiger partial charge in [0.2, 0.25) is 5.95 Å². The Labute approximate surface area is 201 Å². The molecule has 0 saturated carbocycles. The average molecular weight is 459 g/mol. The number of amides is 1. The molecule has 1 amide bonds. The van der Waals surface area contributed by atoms with E-state index in [1.54, 1.807) is 0 Å². The first-order valence-electron chi connectivity index (χ1n) is 12.0. The number of aromatic nitrogens is 3. The maximum Gasteiger partial charge on any atom is 0.251 e. The Hall–Kier alpha value is -3.57. The third-order valence-corrected chi connectivity index (χ3v) is 6.85. The van der Waals surface area contributed by atoms with Crippen LogP contribution in [-0.4, -0.2) is 51.5 Å². The summed E-state index contributed by atoms with van der Waals surface area (Å²) < 4.78 is 2.22. The van der Waals surface area contributed by atoms with Gasteiger partial charge in [-0.3, -0.25) is 4.79 Å². The van der Waals surface area contributed by atoms with Crippen LogP contribution in [0.3, 0.4) is 0 Å². The number of hydrogen-bond donors (Lipinski definition) is 1. The molecule has 3 heterocycles. The molecule has 178 valence electrons. The Balaban J connectivity index is 1.39. The molecule has 1 aromatic carbocycles. The lowest BCUT2D eigenvalue weighted by molar-refractivity contribution is 0.0999. The van der Waals surface area contributed by atoms with Crippen molar-refractivity contribution in [3.8, 4) is 0 Å². The summed E-state index contributed by atoms with van der Waals surface area (Å²) in [6, 6.07) is 8.60. The van der Waals surface area contributed by atoms with Crippen molar-refractivity contribution in [2.24, 2.45) is 18.7 Å². The highest BCUT2D eigenvalue weighted by molar-refractivity contribution is 5.92. The molecule has 1 aliphatic heterocycles. The third kappa shape index (κ3) is 5.15. The number of anilines is 1. The predicted octanol–water partition coefficient (Wildman–Crippen LogP) is 3.91. The highest BCUT2D eigenvalue weighted by atomic mass is 16.1. The topological polar surface area (TPSA) is 80.3 Å². The van der Waals surface area contributed by atoms with Crippen LogP contribution >= 0.6 is 0 Å².